The summed E-state index contributed by atoms with van der Waals surface area (Å²) in [5.41, 5.74) is 0. The number of halogens is 2. The first-order valence-electron chi connectivity index (χ1n) is 7.23. The summed E-state index contributed by atoms with van der Waals surface area (Å²) >= 11 is 0. The minimum Gasteiger partial charge on any atom is -0.492 e. The largest absolute Gasteiger partial charge is 0.492 e. The minimum atomic E-state index is -0.677. The molecule has 3 rings (SSSR count). The third-order valence-electron chi connectivity index (χ3n) is 3.56. The van der Waals surface area contributed by atoms with E-state index in [9.17, 15) is 8.78 Å². The lowest BCUT2D eigenvalue weighted by atomic mass is 10.2. The Hall–Kier alpha value is -2.14. The Morgan fingerprint density at radius 3 is 2.68 bits per heavy atom. The predicted octanol–water partition coefficient (Wildman–Crippen LogP) is 3.15. The van der Waals surface area contributed by atoms with Crippen molar-refractivity contribution in [2.45, 2.75) is 18.6 Å². The van der Waals surface area contributed by atoms with Gasteiger partial charge < -0.3 is 14.8 Å². The maximum atomic E-state index is 13.6. The number of hydrogen-bond acceptors (Lipinski definition) is 3. The van der Waals surface area contributed by atoms with E-state index in [1.807, 2.05) is 30.3 Å². The molecule has 2 unspecified atom stereocenters. The smallest absolute Gasteiger partial charge is 0.167 e. The molecule has 5 heteroatoms. The molecule has 0 spiro atoms. The molecule has 0 bridgehead atoms. The van der Waals surface area contributed by atoms with Crippen molar-refractivity contribution in [3.8, 4) is 11.5 Å². The Balaban J connectivity index is 1.50. The second kappa shape index (κ2) is 6.75. The number of benzene rings is 2. The van der Waals surface area contributed by atoms with Crippen LogP contribution in [0.5, 0.6) is 11.5 Å². The van der Waals surface area contributed by atoms with Gasteiger partial charge in [-0.05, 0) is 24.3 Å². The maximum Gasteiger partial charge on any atom is 0.167 e. The molecule has 1 fully saturated rings. The van der Waals surface area contributed by atoms with E-state index in [2.05, 4.69) is 5.32 Å². The van der Waals surface area contributed by atoms with Crippen molar-refractivity contribution in [2.24, 2.45) is 0 Å². The lowest BCUT2D eigenvalue weighted by molar-refractivity contribution is 0.202. The summed E-state index contributed by atoms with van der Waals surface area (Å²) < 4.78 is 37.7. The molecule has 3 nitrogen and oxygen atoms in total. The van der Waals surface area contributed by atoms with Gasteiger partial charge in [-0.1, -0.05) is 18.2 Å². The van der Waals surface area contributed by atoms with Crippen molar-refractivity contribution in [2.75, 3.05) is 13.2 Å². The highest BCUT2D eigenvalue weighted by Gasteiger charge is 2.26. The number of para-hydroxylation sites is 1. The van der Waals surface area contributed by atoms with Crippen molar-refractivity contribution in [1.82, 2.24) is 5.32 Å². The van der Waals surface area contributed by atoms with Gasteiger partial charge in [-0.3, -0.25) is 0 Å². The van der Waals surface area contributed by atoms with Crippen molar-refractivity contribution < 1.29 is 18.3 Å². The molecule has 1 saturated heterocycles. The van der Waals surface area contributed by atoms with Crippen molar-refractivity contribution in [3.05, 3.63) is 60.2 Å². The average molecular weight is 305 g/mol. The van der Waals surface area contributed by atoms with E-state index in [0.717, 1.165) is 11.8 Å². The van der Waals surface area contributed by atoms with Gasteiger partial charge in [0.15, 0.2) is 11.6 Å². The molecule has 22 heavy (non-hydrogen) atoms. The fourth-order valence-corrected chi connectivity index (χ4v) is 2.46. The Morgan fingerprint density at radius 2 is 1.91 bits per heavy atom. The lowest BCUT2D eigenvalue weighted by Crippen LogP contribution is -2.28. The van der Waals surface area contributed by atoms with Crippen LogP contribution in [0.4, 0.5) is 8.78 Å². The van der Waals surface area contributed by atoms with Crippen LogP contribution in [0.1, 0.15) is 6.42 Å². The quantitative estimate of drug-likeness (QED) is 0.920. The van der Waals surface area contributed by atoms with Crippen LogP contribution in [0, 0.1) is 11.6 Å². The summed E-state index contributed by atoms with van der Waals surface area (Å²) in [5, 5.41) is 3.28. The van der Waals surface area contributed by atoms with Gasteiger partial charge in [0.1, 0.15) is 24.3 Å². The molecule has 116 valence electrons. The van der Waals surface area contributed by atoms with E-state index >= 15 is 0 Å². The van der Waals surface area contributed by atoms with Gasteiger partial charge in [-0.2, -0.15) is 0 Å². The van der Waals surface area contributed by atoms with E-state index in [1.54, 1.807) is 0 Å². The topological polar surface area (TPSA) is 30.5 Å². The molecule has 0 aliphatic carbocycles. The molecule has 0 radical (unpaired) electrons. The van der Waals surface area contributed by atoms with Crippen LogP contribution in [0.15, 0.2) is 48.5 Å². The molecule has 1 aliphatic rings. The molecule has 2 aromatic carbocycles. The third-order valence-corrected chi connectivity index (χ3v) is 3.56. The average Bonchev–Trinajstić information content (AvgIpc) is 2.97. The van der Waals surface area contributed by atoms with E-state index in [1.165, 1.54) is 12.1 Å². The zero-order valence-electron chi connectivity index (χ0n) is 12.0. The summed E-state index contributed by atoms with van der Waals surface area (Å²) in [5.74, 6) is -0.386. The summed E-state index contributed by atoms with van der Waals surface area (Å²) in [7, 11) is 0. The van der Waals surface area contributed by atoms with E-state index in [4.69, 9.17) is 9.47 Å². The molecular formula is C17H17F2NO2. The van der Waals surface area contributed by atoms with Gasteiger partial charge >= 0.3 is 0 Å². The zero-order chi connectivity index (χ0) is 15.4. The highest BCUT2D eigenvalue weighted by atomic mass is 19.1. The molecule has 2 atom stereocenters. The van der Waals surface area contributed by atoms with Crippen LogP contribution in [0.3, 0.4) is 0 Å². The van der Waals surface area contributed by atoms with Crippen molar-refractivity contribution in [3.63, 3.8) is 0 Å². The number of ether oxygens (including phenoxy) is 2. The van der Waals surface area contributed by atoms with E-state index in [-0.39, 0.29) is 17.9 Å². The monoisotopic (exact) mass is 305 g/mol. The lowest BCUT2D eigenvalue weighted by Gasteiger charge is -2.14. The van der Waals surface area contributed by atoms with Crippen LogP contribution in [-0.4, -0.2) is 25.3 Å². The van der Waals surface area contributed by atoms with Crippen LogP contribution < -0.4 is 14.8 Å². The Labute approximate surface area is 127 Å². The fourth-order valence-electron chi connectivity index (χ4n) is 2.46. The minimum absolute atomic E-state index is 0.0813. The molecule has 0 aromatic heterocycles. The number of nitrogens with one attached hydrogen (secondary N) is 1. The summed E-state index contributed by atoms with van der Waals surface area (Å²) in [6, 6.07) is 13.0. The third kappa shape index (κ3) is 3.74. The second-order valence-electron chi connectivity index (χ2n) is 5.28. The van der Waals surface area contributed by atoms with Crippen LogP contribution in [0.2, 0.25) is 0 Å². The normalized spacial score (nSPS) is 20.8. The first kappa shape index (κ1) is 14.8. The molecule has 0 saturated carbocycles. The van der Waals surface area contributed by atoms with Gasteiger partial charge in [0.25, 0.3) is 0 Å². The molecule has 1 heterocycles. The summed E-state index contributed by atoms with van der Waals surface area (Å²) in [4.78, 5) is 0. The van der Waals surface area contributed by atoms with Gasteiger partial charge in [-0.25, -0.2) is 8.78 Å². The first-order chi connectivity index (χ1) is 10.7. The SMILES string of the molecule is Fc1ccc(OC2CNC(COc3ccccc3)C2)c(F)c1. The molecule has 0 amide bonds. The standard InChI is InChI=1S/C17H17F2NO2/c18-12-6-7-17(16(19)8-12)22-15-9-13(20-10-15)11-21-14-4-2-1-3-5-14/h1-8,13,15,20H,9-11H2. The second-order valence-corrected chi connectivity index (χ2v) is 5.28. The molecule has 1 aliphatic heterocycles. The van der Waals surface area contributed by atoms with Crippen LogP contribution in [-0.2, 0) is 0 Å². The van der Waals surface area contributed by atoms with Crippen LogP contribution in [0.25, 0.3) is 0 Å². The summed E-state index contributed by atoms with van der Waals surface area (Å²) in [6.45, 7) is 1.13. The number of hydrogen-bond donors (Lipinski definition) is 1. The Bertz CT molecular complexity index is 621. The first-order valence-corrected chi connectivity index (χ1v) is 7.23. The Kier molecular flexibility index (Phi) is 4.53. The van der Waals surface area contributed by atoms with Crippen molar-refractivity contribution >= 4 is 0 Å². The highest BCUT2D eigenvalue weighted by Crippen LogP contribution is 2.22. The maximum absolute atomic E-state index is 13.6. The Morgan fingerprint density at radius 1 is 1.09 bits per heavy atom. The van der Waals surface area contributed by atoms with E-state index < -0.39 is 11.6 Å². The number of rotatable bonds is 5. The molecular weight excluding hydrogens is 288 g/mol. The molecule has 1 N–H and O–H groups in total. The van der Waals surface area contributed by atoms with E-state index in [0.29, 0.717) is 19.6 Å². The fraction of sp³-hybridized carbons (Fsp3) is 0.294. The predicted molar refractivity (Wildman–Crippen MR) is 79.1 cm³/mol. The molecule has 2 aromatic rings. The van der Waals surface area contributed by atoms with Crippen molar-refractivity contribution in [1.29, 1.82) is 0 Å². The van der Waals surface area contributed by atoms with Crippen LogP contribution >= 0.6 is 0 Å². The highest BCUT2D eigenvalue weighted by molar-refractivity contribution is 5.25. The van der Waals surface area contributed by atoms with Gasteiger partial charge in [-0.15, -0.1) is 0 Å². The van der Waals surface area contributed by atoms with Gasteiger partial charge in [0.05, 0.1) is 0 Å². The van der Waals surface area contributed by atoms with Gasteiger partial charge in [0, 0.05) is 25.1 Å². The van der Waals surface area contributed by atoms with Gasteiger partial charge in [0.2, 0.25) is 0 Å². The summed E-state index contributed by atoms with van der Waals surface area (Å²) in [6.07, 6.45) is 0.563. The zero-order valence-corrected chi connectivity index (χ0v) is 12.0.